The van der Waals surface area contributed by atoms with E-state index in [0.29, 0.717) is 29.8 Å². The van der Waals surface area contributed by atoms with Crippen molar-refractivity contribution in [2.75, 3.05) is 17.6 Å². The maximum absolute atomic E-state index is 13.0. The lowest BCUT2D eigenvalue weighted by Crippen LogP contribution is -2.30. The molecule has 0 aliphatic carbocycles. The third-order valence-electron chi connectivity index (χ3n) is 5.29. The molecule has 3 amide bonds. The minimum absolute atomic E-state index is 0.0614. The van der Waals surface area contributed by atoms with Crippen LogP contribution in [0.1, 0.15) is 43.9 Å². The predicted molar refractivity (Wildman–Crippen MR) is 127 cm³/mol. The van der Waals surface area contributed by atoms with Crippen molar-refractivity contribution < 1.29 is 23.7 Å². The first-order chi connectivity index (χ1) is 16.8. The van der Waals surface area contributed by atoms with E-state index in [4.69, 9.17) is 0 Å². The molecule has 0 fully saturated rings. The summed E-state index contributed by atoms with van der Waals surface area (Å²) in [6.07, 6.45) is 2.73. The summed E-state index contributed by atoms with van der Waals surface area (Å²) in [7, 11) is 0. The fourth-order valence-electron chi connectivity index (χ4n) is 3.48. The Hall–Kier alpha value is -4.12. The number of non-ortho nitro benzene ring substituents is 1. The number of carbonyl (C=O) groups excluding carboxylic acids is 3. The second-order valence-corrected chi connectivity index (χ2v) is 8.77. The SMILES string of the molecule is O=C(Nc1ccc(F)cc1)c1ccc(SCCCCN2C(=O)c3ccc([N+](=O)[O-])cc3C2=O)nc1. The average Bonchev–Trinajstić information content (AvgIpc) is 3.09. The van der Waals surface area contributed by atoms with Crippen LogP contribution in [-0.2, 0) is 0 Å². The second kappa shape index (κ2) is 10.4. The summed E-state index contributed by atoms with van der Waals surface area (Å²) in [6.45, 7) is 0.219. The Morgan fingerprint density at radius 1 is 1.03 bits per heavy atom. The zero-order valence-corrected chi connectivity index (χ0v) is 19.1. The fraction of sp³-hybridized carbons (Fsp3) is 0.167. The summed E-state index contributed by atoms with van der Waals surface area (Å²) < 4.78 is 13.0. The highest BCUT2D eigenvalue weighted by atomic mass is 32.2. The van der Waals surface area contributed by atoms with Crippen molar-refractivity contribution in [3.63, 3.8) is 0 Å². The molecule has 0 unspecified atom stereocenters. The van der Waals surface area contributed by atoms with Gasteiger partial charge in [0.25, 0.3) is 23.4 Å². The highest BCUT2D eigenvalue weighted by Gasteiger charge is 2.36. The van der Waals surface area contributed by atoms with Gasteiger partial charge in [-0.2, -0.15) is 0 Å². The van der Waals surface area contributed by atoms with E-state index in [2.05, 4.69) is 10.3 Å². The van der Waals surface area contributed by atoms with Gasteiger partial charge in [-0.25, -0.2) is 9.37 Å². The molecule has 2 heterocycles. The van der Waals surface area contributed by atoms with Crippen molar-refractivity contribution in [2.24, 2.45) is 0 Å². The molecule has 1 N–H and O–H groups in total. The Balaban J connectivity index is 1.22. The summed E-state index contributed by atoms with van der Waals surface area (Å²) in [6, 6.07) is 12.5. The molecule has 0 bridgehead atoms. The number of nitrogens with zero attached hydrogens (tertiary/aromatic N) is 3. The van der Waals surface area contributed by atoms with Crippen LogP contribution in [0.2, 0.25) is 0 Å². The van der Waals surface area contributed by atoms with Crippen LogP contribution in [0.15, 0.2) is 65.8 Å². The Labute approximate surface area is 203 Å². The zero-order chi connectivity index (χ0) is 24.9. The van der Waals surface area contributed by atoms with Crippen LogP contribution in [0.4, 0.5) is 15.8 Å². The molecular weight excluding hydrogens is 475 g/mol. The monoisotopic (exact) mass is 494 g/mol. The molecule has 0 radical (unpaired) electrons. The van der Waals surface area contributed by atoms with E-state index in [1.165, 1.54) is 54.4 Å². The van der Waals surface area contributed by atoms with Gasteiger partial charge in [-0.05, 0) is 61.1 Å². The summed E-state index contributed by atoms with van der Waals surface area (Å²) in [5.41, 5.74) is 0.860. The number of thioether (sulfide) groups is 1. The van der Waals surface area contributed by atoms with Crippen molar-refractivity contribution in [2.45, 2.75) is 17.9 Å². The molecule has 11 heteroatoms. The van der Waals surface area contributed by atoms with Crippen molar-refractivity contribution in [3.05, 3.63) is 93.4 Å². The normalized spacial score (nSPS) is 12.5. The van der Waals surface area contributed by atoms with Gasteiger partial charge in [-0.15, -0.1) is 11.8 Å². The van der Waals surface area contributed by atoms with Gasteiger partial charge in [-0.1, -0.05) is 0 Å². The van der Waals surface area contributed by atoms with Crippen LogP contribution in [-0.4, -0.2) is 44.8 Å². The number of benzene rings is 2. The number of nitrogens with one attached hydrogen (secondary N) is 1. The Morgan fingerprint density at radius 2 is 1.77 bits per heavy atom. The first kappa shape index (κ1) is 24.0. The molecule has 9 nitrogen and oxygen atoms in total. The number of hydrogen-bond acceptors (Lipinski definition) is 7. The fourth-order valence-corrected chi connectivity index (χ4v) is 4.33. The first-order valence-electron chi connectivity index (χ1n) is 10.6. The Morgan fingerprint density at radius 3 is 2.46 bits per heavy atom. The molecule has 178 valence electrons. The maximum atomic E-state index is 13.0. The van der Waals surface area contributed by atoms with Crippen LogP contribution in [0.25, 0.3) is 0 Å². The van der Waals surface area contributed by atoms with Crippen LogP contribution in [0.3, 0.4) is 0 Å². The number of rotatable bonds is 9. The van der Waals surface area contributed by atoms with E-state index < -0.39 is 16.7 Å². The lowest BCUT2D eigenvalue weighted by Gasteiger charge is -2.13. The average molecular weight is 495 g/mol. The van der Waals surface area contributed by atoms with Gasteiger partial charge in [0, 0.05) is 30.6 Å². The first-order valence-corrected chi connectivity index (χ1v) is 11.6. The minimum Gasteiger partial charge on any atom is -0.322 e. The number of aromatic nitrogens is 1. The Kier molecular flexibility index (Phi) is 7.16. The second-order valence-electron chi connectivity index (χ2n) is 7.65. The van der Waals surface area contributed by atoms with Crippen molar-refractivity contribution in [3.8, 4) is 0 Å². The maximum Gasteiger partial charge on any atom is 0.270 e. The van der Waals surface area contributed by atoms with E-state index in [1.807, 2.05) is 0 Å². The van der Waals surface area contributed by atoms with Crippen LogP contribution >= 0.6 is 11.8 Å². The lowest BCUT2D eigenvalue weighted by atomic mass is 10.1. The van der Waals surface area contributed by atoms with Gasteiger partial charge in [0.2, 0.25) is 0 Å². The standard InChI is InChI=1S/C24H19FN4O5S/c25-16-4-6-17(7-5-16)27-22(30)15-3-10-21(26-14-15)35-12-2-1-11-28-23(31)19-9-8-18(29(33)34)13-20(19)24(28)32/h3-10,13-14H,1-2,11-12H2,(H,27,30). The van der Waals surface area contributed by atoms with Gasteiger partial charge in [0.05, 0.1) is 26.6 Å². The van der Waals surface area contributed by atoms with Gasteiger partial charge >= 0.3 is 0 Å². The van der Waals surface area contributed by atoms with Crippen LogP contribution < -0.4 is 5.32 Å². The van der Waals surface area contributed by atoms with Crippen LogP contribution in [0, 0.1) is 15.9 Å². The topological polar surface area (TPSA) is 123 Å². The molecule has 1 aliphatic rings. The summed E-state index contributed by atoms with van der Waals surface area (Å²) in [4.78, 5) is 53.0. The molecule has 2 aromatic carbocycles. The highest BCUT2D eigenvalue weighted by Crippen LogP contribution is 2.27. The number of halogens is 1. The van der Waals surface area contributed by atoms with E-state index in [1.54, 1.807) is 12.1 Å². The van der Waals surface area contributed by atoms with E-state index in [-0.39, 0.29) is 35.1 Å². The summed E-state index contributed by atoms with van der Waals surface area (Å²) in [5, 5.41) is 14.3. The number of fused-ring (bicyclic) bond motifs is 1. The van der Waals surface area contributed by atoms with Gasteiger partial charge in [0.1, 0.15) is 5.82 Å². The molecule has 3 aromatic rings. The number of amides is 3. The number of pyridine rings is 1. The molecule has 1 aliphatic heterocycles. The van der Waals surface area contributed by atoms with Crippen molar-refractivity contribution in [1.82, 2.24) is 9.88 Å². The number of unbranched alkanes of at least 4 members (excludes halogenated alkanes) is 1. The molecule has 0 spiro atoms. The number of imide groups is 1. The molecular formula is C24H19FN4O5S. The van der Waals surface area contributed by atoms with Crippen molar-refractivity contribution in [1.29, 1.82) is 0 Å². The quantitative estimate of drug-likeness (QED) is 0.152. The van der Waals surface area contributed by atoms with Gasteiger partial charge < -0.3 is 5.32 Å². The van der Waals surface area contributed by atoms with E-state index in [9.17, 15) is 28.9 Å². The minimum atomic E-state index is -0.601. The van der Waals surface area contributed by atoms with Gasteiger partial charge in [-0.3, -0.25) is 29.4 Å². The van der Waals surface area contributed by atoms with Crippen molar-refractivity contribution >= 4 is 40.9 Å². The summed E-state index contributed by atoms with van der Waals surface area (Å²) >= 11 is 1.48. The van der Waals surface area contributed by atoms with E-state index in [0.717, 1.165) is 16.0 Å². The molecule has 4 rings (SSSR count). The summed E-state index contributed by atoms with van der Waals surface area (Å²) in [5.74, 6) is -1.02. The van der Waals surface area contributed by atoms with Crippen LogP contribution in [0.5, 0.6) is 0 Å². The molecule has 35 heavy (non-hydrogen) atoms. The Bertz CT molecular complexity index is 1300. The number of carbonyl (C=O) groups is 3. The predicted octanol–water partition coefficient (Wildman–Crippen LogP) is 4.55. The largest absolute Gasteiger partial charge is 0.322 e. The zero-order valence-electron chi connectivity index (χ0n) is 18.3. The smallest absolute Gasteiger partial charge is 0.270 e. The van der Waals surface area contributed by atoms with Gasteiger partial charge in [0.15, 0.2) is 0 Å². The third-order valence-corrected chi connectivity index (χ3v) is 6.32. The molecule has 0 atom stereocenters. The van der Waals surface area contributed by atoms with E-state index >= 15 is 0 Å². The third kappa shape index (κ3) is 5.52. The number of hydrogen-bond donors (Lipinski definition) is 1. The lowest BCUT2D eigenvalue weighted by molar-refractivity contribution is -0.384. The molecule has 0 saturated carbocycles. The molecule has 0 saturated heterocycles. The number of nitro benzene ring substituents is 1. The molecule has 1 aromatic heterocycles. The number of nitro groups is 1. The number of anilines is 1. The highest BCUT2D eigenvalue weighted by molar-refractivity contribution is 7.99.